The van der Waals surface area contributed by atoms with Crippen LogP contribution in [0, 0.1) is 0 Å². The summed E-state index contributed by atoms with van der Waals surface area (Å²) >= 11 is 3.33. The van der Waals surface area contributed by atoms with Gasteiger partial charge in [-0.2, -0.15) is 0 Å². The fraction of sp³-hybridized carbons (Fsp3) is 0.545. The molecular formula is C11H15BrN2O3S. The summed E-state index contributed by atoms with van der Waals surface area (Å²) in [6.07, 6.45) is 2.34. The molecule has 1 amide bonds. The standard InChI is InChI=1S/C11H15BrN2O3S/c1-2-14-6-8(12)5-10(14)11(15)13-9-3-4-18(16,17)7-9/h5-6,9H,2-4,7H2,1H3,(H,13,15). The number of aromatic nitrogens is 1. The zero-order valence-corrected chi connectivity index (χ0v) is 12.4. The van der Waals surface area contributed by atoms with Crippen LogP contribution in [-0.4, -0.2) is 36.4 Å². The molecule has 1 saturated heterocycles. The van der Waals surface area contributed by atoms with E-state index in [1.807, 2.05) is 17.7 Å². The number of sulfone groups is 1. The van der Waals surface area contributed by atoms with Gasteiger partial charge in [-0.1, -0.05) is 0 Å². The topological polar surface area (TPSA) is 68.2 Å². The molecule has 1 aliphatic heterocycles. The van der Waals surface area contributed by atoms with Crippen molar-refractivity contribution >= 4 is 31.7 Å². The number of hydrogen-bond acceptors (Lipinski definition) is 3. The molecule has 1 aromatic heterocycles. The Morgan fingerprint density at radius 2 is 2.33 bits per heavy atom. The molecule has 0 spiro atoms. The Hall–Kier alpha value is -0.820. The monoisotopic (exact) mass is 334 g/mol. The molecule has 18 heavy (non-hydrogen) atoms. The van der Waals surface area contributed by atoms with Gasteiger partial charge in [-0.3, -0.25) is 4.79 Å². The molecule has 1 unspecified atom stereocenters. The number of hydrogen-bond donors (Lipinski definition) is 1. The Morgan fingerprint density at radius 1 is 1.61 bits per heavy atom. The summed E-state index contributed by atoms with van der Waals surface area (Å²) in [5, 5.41) is 2.78. The molecule has 1 N–H and O–H groups in total. The highest BCUT2D eigenvalue weighted by atomic mass is 79.9. The molecule has 2 rings (SSSR count). The molecule has 100 valence electrons. The van der Waals surface area contributed by atoms with Crippen molar-refractivity contribution in [3.63, 3.8) is 0 Å². The van der Waals surface area contributed by atoms with Crippen LogP contribution in [0.5, 0.6) is 0 Å². The van der Waals surface area contributed by atoms with Gasteiger partial charge in [-0.05, 0) is 35.3 Å². The highest BCUT2D eigenvalue weighted by molar-refractivity contribution is 9.10. The normalized spacial score (nSPS) is 22.0. The van der Waals surface area contributed by atoms with E-state index in [1.54, 1.807) is 6.07 Å². The Labute approximate surface area is 115 Å². The number of rotatable bonds is 3. The second-order valence-corrected chi connectivity index (χ2v) is 7.55. The third kappa shape index (κ3) is 2.95. The van der Waals surface area contributed by atoms with Crippen molar-refractivity contribution in [2.24, 2.45) is 0 Å². The maximum absolute atomic E-state index is 12.1. The van der Waals surface area contributed by atoms with Crippen LogP contribution in [0.25, 0.3) is 0 Å². The number of carbonyl (C=O) groups excluding carboxylic acids is 1. The smallest absolute Gasteiger partial charge is 0.268 e. The van der Waals surface area contributed by atoms with Gasteiger partial charge >= 0.3 is 0 Å². The summed E-state index contributed by atoms with van der Waals surface area (Å²) in [5.41, 5.74) is 0.550. The number of carbonyl (C=O) groups is 1. The first kappa shape index (κ1) is 13.6. The van der Waals surface area contributed by atoms with Gasteiger partial charge < -0.3 is 9.88 Å². The number of aryl methyl sites for hydroxylation is 1. The van der Waals surface area contributed by atoms with Crippen molar-refractivity contribution < 1.29 is 13.2 Å². The second-order valence-electron chi connectivity index (χ2n) is 4.40. The van der Waals surface area contributed by atoms with Crippen LogP contribution in [0.1, 0.15) is 23.8 Å². The molecule has 7 heteroatoms. The largest absolute Gasteiger partial charge is 0.347 e. The van der Waals surface area contributed by atoms with E-state index in [9.17, 15) is 13.2 Å². The van der Waals surface area contributed by atoms with E-state index in [1.165, 1.54) is 0 Å². The highest BCUT2D eigenvalue weighted by Crippen LogP contribution is 2.16. The first-order chi connectivity index (χ1) is 8.41. The fourth-order valence-electron chi connectivity index (χ4n) is 2.09. The first-order valence-electron chi connectivity index (χ1n) is 5.78. The molecule has 1 fully saturated rings. The van der Waals surface area contributed by atoms with Crippen molar-refractivity contribution in [1.29, 1.82) is 0 Å². The van der Waals surface area contributed by atoms with Crippen LogP contribution in [0.2, 0.25) is 0 Å². The summed E-state index contributed by atoms with van der Waals surface area (Å²) in [6, 6.07) is 1.48. The van der Waals surface area contributed by atoms with Gasteiger partial charge in [-0.15, -0.1) is 0 Å². The van der Waals surface area contributed by atoms with Gasteiger partial charge in [0.1, 0.15) is 5.69 Å². The number of nitrogens with zero attached hydrogens (tertiary/aromatic N) is 1. The lowest BCUT2D eigenvalue weighted by molar-refractivity contribution is 0.0932. The average molecular weight is 335 g/mol. The maximum Gasteiger partial charge on any atom is 0.268 e. The Morgan fingerprint density at radius 3 is 2.89 bits per heavy atom. The van der Waals surface area contributed by atoms with Crippen LogP contribution in [0.15, 0.2) is 16.7 Å². The number of halogens is 1. The number of amides is 1. The van der Waals surface area contributed by atoms with Gasteiger partial charge in [0.15, 0.2) is 9.84 Å². The lowest BCUT2D eigenvalue weighted by atomic mass is 10.2. The van der Waals surface area contributed by atoms with Crippen LogP contribution in [-0.2, 0) is 16.4 Å². The Balaban J connectivity index is 2.08. The molecule has 0 saturated carbocycles. The van der Waals surface area contributed by atoms with Gasteiger partial charge in [0, 0.05) is 23.3 Å². The fourth-order valence-corrected chi connectivity index (χ4v) is 4.23. The van der Waals surface area contributed by atoms with E-state index in [2.05, 4.69) is 21.2 Å². The van der Waals surface area contributed by atoms with Crippen LogP contribution in [0.4, 0.5) is 0 Å². The van der Waals surface area contributed by atoms with Crippen molar-refractivity contribution in [2.75, 3.05) is 11.5 Å². The SMILES string of the molecule is CCn1cc(Br)cc1C(=O)NC1CCS(=O)(=O)C1. The first-order valence-corrected chi connectivity index (χ1v) is 8.39. The molecule has 0 radical (unpaired) electrons. The molecule has 1 aromatic rings. The van der Waals surface area contributed by atoms with E-state index in [0.717, 1.165) is 4.47 Å². The molecule has 1 aliphatic rings. The second kappa shape index (κ2) is 5.05. The Bertz CT molecular complexity index is 565. The van der Waals surface area contributed by atoms with E-state index >= 15 is 0 Å². The summed E-state index contributed by atoms with van der Waals surface area (Å²) in [6.45, 7) is 2.64. The predicted octanol–water partition coefficient (Wildman–Crippen LogP) is 1.19. The zero-order valence-electron chi connectivity index (χ0n) is 10.0. The van der Waals surface area contributed by atoms with Crippen LogP contribution >= 0.6 is 15.9 Å². The minimum atomic E-state index is -2.96. The molecule has 0 aromatic carbocycles. The quantitative estimate of drug-likeness (QED) is 0.902. The minimum Gasteiger partial charge on any atom is -0.347 e. The van der Waals surface area contributed by atoms with E-state index < -0.39 is 9.84 Å². The van der Waals surface area contributed by atoms with E-state index in [0.29, 0.717) is 18.7 Å². The van der Waals surface area contributed by atoms with Gasteiger partial charge in [-0.25, -0.2) is 8.42 Å². The van der Waals surface area contributed by atoms with Crippen molar-refractivity contribution in [3.05, 3.63) is 22.4 Å². The van der Waals surface area contributed by atoms with Crippen molar-refractivity contribution in [2.45, 2.75) is 25.9 Å². The zero-order chi connectivity index (χ0) is 13.3. The maximum atomic E-state index is 12.1. The lowest BCUT2D eigenvalue weighted by Crippen LogP contribution is -2.36. The summed E-state index contributed by atoms with van der Waals surface area (Å²) in [7, 11) is -2.96. The summed E-state index contributed by atoms with van der Waals surface area (Å²) in [4.78, 5) is 12.1. The predicted molar refractivity (Wildman–Crippen MR) is 72.3 cm³/mol. The lowest BCUT2D eigenvalue weighted by Gasteiger charge is -2.12. The summed E-state index contributed by atoms with van der Waals surface area (Å²) in [5.74, 6) is -0.00643. The summed E-state index contributed by atoms with van der Waals surface area (Å²) < 4.78 is 25.3. The highest BCUT2D eigenvalue weighted by Gasteiger charge is 2.29. The van der Waals surface area contributed by atoms with E-state index in [4.69, 9.17) is 0 Å². The number of nitrogens with one attached hydrogen (secondary N) is 1. The van der Waals surface area contributed by atoms with Crippen LogP contribution in [0.3, 0.4) is 0 Å². The average Bonchev–Trinajstić information content (AvgIpc) is 2.81. The van der Waals surface area contributed by atoms with Gasteiger partial charge in [0.2, 0.25) is 0 Å². The molecule has 0 bridgehead atoms. The van der Waals surface area contributed by atoms with Gasteiger partial charge in [0.25, 0.3) is 5.91 Å². The minimum absolute atomic E-state index is 0.0484. The van der Waals surface area contributed by atoms with E-state index in [-0.39, 0.29) is 23.5 Å². The van der Waals surface area contributed by atoms with Crippen molar-refractivity contribution in [1.82, 2.24) is 9.88 Å². The third-order valence-corrected chi connectivity index (χ3v) is 5.21. The van der Waals surface area contributed by atoms with Crippen molar-refractivity contribution in [3.8, 4) is 0 Å². The van der Waals surface area contributed by atoms with Gasteiger partial charge in [0.05, 0.1) is 11.5 Å². The molecule has 2 heterocycles. The Kier molecular flexibility index (Phi) is 3.82. The molecule has 0 aliphatic carbocycles. The third-order valence-electron chi connectivity index (χ3n) is 3.00. The van der Waals surface area contributed by atoms with Crippen LogP contribution < -0.4 is 5.32 Å². The molecular weight excluding hydrogens is 320 g/mol. The molecule has 5 nitrogen and oxygen atoms in total. The molecule has 1 atom stereocenters.